The van der Waals surface area contributed by atoms with Crippen molar-refractivity contribution in [3.05, 3.63) is 36.7 Å². The molecule has 1 heterocycles. The smallest absolute Gasteiger partial charge is 0.0439 e. The molecular weight excluding hydrogens is 184 g/mol. The number of nitrogens with zero attached hydrogens (tertiary/aromatic N) is 1. The topological polar surface area (TPSA) is 24.9 Å². The van der Waals surface area contributed by atoms with Crippen LogP contribution in [-0.4, -0.2) is 10.5 Å². The molecule has 0 aliphatic carbocycles. The highest BCUT2D eigenvalue weighted by atomic mass is 15.0. The van der Waals surface area contributed by atoms with E-state index in [-0.39, 0.29) is 5.54 Å². The molecule has 2 aromatic rings. The predicted molar refractivity (Wildman–Crippen MR) is 65.1 cm³/mol. The maximum atomic E-state index is 4.16. The Morgan fingerprint density at radius 2 is 1.93 bits per heavy atom. The van der Waals surface area contributed by atoms with Crippen LogP contribution in [0.5, 0.6) is 0 Å². The highest BCUT2D eigenvalue weighted by molar-refractivity contribution is 5.93. The summed E-state index contributed by atoms with van der Waals surface area (Å²) in [5.74, 6) is 0. The molecule has 1 N–H and O–H groups in total. The van der Waals surface area contributed by atoms with Crippen molar-refractivity contribution in [3.63, 3.8) is 0 Å². The maximum absolute atomic E-state index is 4.16. The van der Waals surface area contributed by atoms with Crippen molar-refractivity contribution in [1.82, 2.24) is 4.98 Å². The number of rotatable bonds is 1. The molecule has 2 rings (SSSR count). The Morgan fingerprint density at radius 1 is 1.13 bits per heavy atom. The van der Waals surface area contributed by atoms with Crippen molar-refractivity contribution >= 4 is 16.5 Å². The molecule has 0 atom stereocenters. The number of benzene rings is 1. The van der Waals surface area contributed by atoms with Gasteiger partial charge in [-0.25, -0.2) is 0 Å². The summed E-state index contributed by atoms with van der Waals surface area (Å²) >= 11 is 0. The lowest BCUT2D eigenvalue weighted by Crippen LogP contribution is -2.26. The van der Waals surface area contributed by atoms with Crippen molar-refractivity contribution in [2.75, 3.05) is 5.32 Å². The average Bonchev–Trinajstić information content (AvgIpc) is 2.16. The molecule has 0 saturated heterocycles. The monoisotopic (exact) mass is 200 g/mol. The lowest BCUT2D eigenvalue weighted by Gasteiger charge is -2.23. The van der Waals surface area contributed by atoms with E-state index in [0.717, 1.165) is 5.69 Å². The van der Waals surface area contributed by atoms with Crippen LogP contribution in [0, 0.1) is 0 Å². The molecule has 0 amide bonds. The van der Waals surface area contributed by atoms with Gasteiger partial charge in [0, 0.05) is 29.0 Å². The third-order valence-corrected chi connectivity index (χ3v) is 2.19. The molecule has 0 radical (unpaired) electrons. The number of pyridine rings is 1. The molecule has 1 aromatic carbocycles. The van der Waals surface area contributed by atoms with Gasteiger partial charge in [-0.1, -0.05) is 12.1 Å². The Kier molecular flexibility index (Phi) is 2.35. The molecule has 0 bridgehead atoms. The molecule has 0 fully saturated rings. The van der Waals surface area contributed by atoms with Crippen molar-refractivity contribution in [3.8, 4) is 0 Å². The van der Waals surface area contributed by atoms with Crippen LogP contribution in [0.1, 0.15) is 20.8 Å². The number of fused-ring (bicyclic) bond motifs is 1. The van der Waals surface area contributed by atoms with Crippen molar-refractivity contribution in [2.24, 2.45) is 0 Å². The second-order valence-electron chi connectivity index (χ2n) is 4.78. The Hall–Kier alpha value is -1.57. The molecule has 15 heavy (non-hydrogen) atoms. The molecule has 0 saturated carbocycles. The zero-order valence-electron chi connectivity index (χ0n) is 9.41. The fourth-order valence-corrected chi connectivity index (χ4v) is 1.63. The van der Waals surface area contributed by atoms with E-state index in [9.17, 15) is 0 Å². The van der Waals surface area contributed by atoms with Crippen LogP contribution in [0.2, 0.25) is 0 Å². The standard InChI is InChI=1S/C13H16N2/c1-13(2,3)15-12-6-4-5-10-7-8-14-9-11(10)12/h4-9,15H,1-3H3. The van der Waals surface area contributed by atoms with Gasteiger partial charge in [0.05, 0.1) is 0 Å². The summed E-state index contributed by atoms with van der Waals surface area (Å²) in [4.78, 5) is 4.16. The van der Waals surface area contributed by atoms with Gasteiger partial charge < -0.3 is 5.32 Å². The van der Waals surface area contributed by atoms with E-state index in [2.05, 4.69) is 49.3 Å². The van der Waals surface area contributed by atoms with Crippen LogP contribution in [0.4, 0.5) is 5.69 Å². The second-order valence-corrected chi connectivity index (χ2v) is 4.78. The highest BCUT2D eigenvalue weighted by Crippen LogP contribution is 2.24. The van der Waals surface area contributed by atoms with Crippen LogP contribution < -0.4 is 5.32 Å². The Labute approximate surface area is 90.3 Å². The first-order chi connectivity index (χ1) is 7.06. The van der Waals surface area contributed by atoms with Gasteiger partial charge in [-0.3, -0.25) is 4.98 Å². The quantitative estimate of drug-likeness (QED) is 0.762. The van der Waals surface area contributed by atoms with Crippen molar-refractivity contribution in [1.29, 1.82) is 0 Å². The van der Waals surface area contributed by atoms with E-state index >= 15 is 0 Å². The first-order valence-corrected chi connectivity index (χ1v) is 5.17. The van der Waals surface area contributed by atoms with Crippen molar-refractivity contribution in [2.45, 2.75) is 26.3 Å². The number of hydrogen-bond acceptors (Lipinski definition) is 2. The van der Waals surface area contributed by atoms with E-state index in [1.807, 2.05) is 18.5 Å². The van der Waals surface area contributed by atoms with E-state index in [1.54, 1.807) is 0 Å². The van der Waals surface area contributed by atoms with Gasteiger partial charge >= 0.3 is 0 Å². The molecular formula is C13H16N2. The zero-order valence-corrected chi connectivity index (χ0v) is 9.41. The van der Waals surface area contributed by atoms with E-state index < -0.39 is 0 Å². The number of nitrogens with one attached hydrogen (secondary N) is 1. The largest absolute Gasteiger partial charge is 0.380 e. The molecule has 2 heteroatoms. The maximum Gasteiger partial charge on any atom is 0.0439 e. The van der Waals surface area contributed by atoms with Gasteiger partial charge in [-0.05, 0) is 38.3 Å². The average molecular weight is 200 g/mol. The SMILES string of the molecule is CC(C)(C)Nc1cccc2ccncc12. The third kappa shape index (κ3) is 2.27. The van der Waals surface area contributed by atoms with Crippen LogP contribution >= 0.6 is 0 Å². The fraction of sp³-hybridized carbons (Fsp3) is 0.308. The molecule has 0 spiro atoms. The summed E-state index contributed by atoms with van der Waals surface area (Å²) in [6.07, 6.45) is 3.73. The van der Waals surface area contributed by atoms with Gasteiger partial charge in [-0.15, -0.1) is 0 Å². The Balaban J connectivity index is 2.52. The first kappa shape index (κ1) is 9.97. The Bertz CT molecular complexity index is 464. The summed E-state index contributed by atoms with van der Waals surface area (Å²) in [5.41, 5.74) is 1.22. The highest BCUT2D eigenvalue weighted by Gasteiger charge is 2.10. The molecule has 0 aliphatic heterocycles. The lowest BCUT2D eigenvalue weighted by molar-refractivity contribution is 0.635. The minimum atomic E-state index is 0.0735. The number of aromatic nitrogens is 1. The first-order valence-electron chi connectivity index (χ1n) is 5.17. The third-order valence-electron chi connectivity index (χ3n) is 2.19. The van der Waals surface area contributed by atoms with Crippen LogP contribution in [-0.2, 0) is 0 Å². The summed E-state index contributed by atoms with van der Waals surface area (Å²) in [5, 5.41) is 5.88. The predicted octanol–water partition coefficient (Wildman–Crippen LogP) is 3.45. The van der Waals surface area contributed by atoms with Gasteiger partial charge in [0.2, 0.25) is 0 Å². The van der Waals surface area contributed by atoms with Crippen LogP contribution in [0.25, 0.3) is 10.8 Å². The van der Waals surface area contributed by atoms with Gasteiger partial charge in [0.15, 0.2) is 0 Å². The van der Waals surface area contributed by atoms with E-state index in [4.69, 9.17) is 0 Å². The molecule has 0 unspecified atom stereocenters. The Morgan fingerprint density at radius 3 is 2.67 bits per heavy atom. The van der Waals surface area contributed by atoms with E-state index in [0.29, 0.717) is 0 Å². The van der Waals surface area contributed by atoms with Gasteiger partial charge in [0.25, 0.3) is 0 Å². The van der Waals surface area contributed by atoms with Crippen LogP contribution in [0.3, 0.4) is 0 Å². The van der Waals surface area contributed by atoms with Gasteiger partial charge in [0.1, 0.15) is 0 Å². The summed E-state index contributed by atoms with van der Waals surface area (Å²) in [6, 6.07) is 8.29. The van der Waals surface area contributed by atoms with E-state index in [1.165, 1.54) is 10.8 Å². The van der Waals surface area contributed by atoms with Gasteiger partial charge in [-0.2, -0.15) is 0 Å². The number of anilines is 1. The molecule has 2 nitrogen and oxygen atoms in total. The molecule has 0 aliphatic rings. The lowest BCUT2D eigenvalue weighted by atomic mass is 10.1. The minimum Gasteiger partial charge on any atom is -0.380 e. The summed E-state index contributed by atoms with van der Waals surface area (Å²) in [7, 11) is 0. The fourth-order valence-electron chi connectivity index (χ4n) is 1.63. The minimum absolute atomic E-state index is 0.0735. The summed E-state index contributed by atoms with van der Waals surface area (Å²) < 4.78 is 0. The molecule has 1 aromatic heterocycles. The normalized spacial score (nSPS) is 11.7. The number of hydrogen-bond donors (Lipinski definition) is 1. The molecule has 78 valence electrons. The zero-order chi connectivity index (χ0) is 10.9. The second kappa shape index (κ2) is 3.54. The van der Waals surface area contributed by atoms with Crippen molar-refractivity contribution < 1.29 is 0 Å². The summed E-state index contributed by atoms with van der Waals surface area (Å²) in [6.45, 7) is 6.46. The van der Waals surface area contributed by atoms with Crippen LogP contribution in [0.15, 0.2) is 36.7 Å².